The van der Waals surface area contributed by atoms with Crippen molar-refractivity contribution in [3.8, 4) is 0 Å². The summed E-state index contributed by atoms with van der Waals surface area (Å²) in [4.78, 5) is 26.3. The van der Waals surface area contributed by atoms with Gasteiger partial charge in [-0.05, 0) is 55.0 Å². The minimum absolute atomic E-state index is 0.121. The summed E-state index contributed by atoms with van der Waals surface area (Å²) in [6.45, 7) is 3.36. The molecule has 0 spiro atoms. The molecule has 0 atom stereocenters. The van der Waals surface area contributed by atoms with E-state index in [-0.39, 0.29) is 11.5 Å². The van der Waals surface area contributed by atoms with Crippen LogP contribution in [0.5, 0.6) is 0 Å². The quantitative estimate of drug-likeness (QED) is 0.501. The van der Waals surface area contributed by atoms with Gasteiger partial charge in [-0.15, -0.1) is 0 Å². The van der Waals surface area contributed by atoms with Gasteiger partial charge in [0.15, 0.2) is 0 Å². The van der Waals surface area contributed by atoms with Gasteiger partial charge in [-0.1, -0.05) is 46.3 Å². The van der Waals surface area contributed by atoms with E-state index in [1.807, 2.05) is 37.3 Å². The Kier molecular flexibility index (Phi) is 6.67. The van der Waals surface area contributed by atoms with Crippen LogP contribution in [0.4, 0.5) is 11.4 Å². The van der Waals surface area contributed by atoms with Crippen molar-refractivity contribution in [2.45, 2.75) is 13.5 Å². The molecule has 1 amide bonds. The van der Waals surface area contributed by atoms with Crippen LogP contribution in [0.1, 0.15) is 33.2 Å². The van der Waals surface area contributed by atoms with E-state index in [4.69, 9.17) is 0 Å². The van der Waals surface area contributed by atoms with Crippen LogP contribution in [0.15, 0.2) is 77.3 Å². The van der Waals surface area contributed by atoms with Crippen molar-refractivity contribution in [2.24, 2.45) is 0 Å². The lowest BCUT2D eigenvalue weighted by Gasteiger charge is -2.26. The molecule has 6 heteroatoms. The second-order valence-electron chi connectivity index (χ2n) is 6.50. The second kappa shape index (κ2) is 9.39. The molecule has 0 saturated heterocycles. The zero-order valence-electron chi connectivity index (χ0n) is 15.9. The van der Waals surface area contributed by atoms with E-state index in [2.05, 4.69) is 26.1 Å². The van der Waals surface area contributed by atoms with Crippen molar-refractivity contribution in [1.29, 1.82) is 0 Å². The number of amides is 1. The maximum absolute atomic E-state index is 12.7. The number of benzene rings is 3. The van der Waals surface area contributed by atoms with Crippen LogP contribution in [0.2, 0.25) is 0 Å². The first kappa shape index (κ1) is 20.6. The Labute approximate surface area is 178 Å². The number of anilines is 2. The summed E-state index contributed by atoms with van der Waals surface area (Å²) in [6.07, 6.45) is 0. The average molecular weight is 453 g/mol. The van der Waals surface area contributed by atoms with Crippen LogP contribution in [0, 0.1) is 0 Å². The van der Waals surface area contributed by atoms with Gasteiger partial charge in [0.05, 0.1) is 16.9 Å². The number of rotatable bonds is 7. The monoisotopic (exact) mass is 452 g/mol. The highest BCUT2D eigenvalue weighted by atomic mass is 79.9. The van der Waals surface area contributed by atoms with Crippen LogP contribution >= 0.6 is 15.9 Å². The maximum Gasteiger partial charge on any atom is 0.335 e. The van der Waals surface area contributed by atoms with Crippen LogP contribution < -0.4 is 10.2 Å². The molecule has 0 fully saturated rings. The molecule has 3 rings (SSSR count). The zero-order valence-corrected chi connectivity index (χ0v) is 17.5. The summed E-state index contributed by atoms with van der Waals surface area (Å²) in [5, 5.41) is 12.3. The summed E-state index contributed by atoms with van der Waals surface area (Å²) in [5.41, 5.74) is 2.98. The van der Waals surface area contributed by atoms with E-state index in [1.165, 1.54) is 6.07 Å². The molecule has 0 saturated carbocycles. The Morgan fingerprint density at radius 1 is 0.966 bits per heavy atom. The topological polar surface area (TPSA) is 69.6 Å². The molecule has 0 radical (unpaired) electrons. The van der Waals surface area contributed by atoms with Gasteiger partial charge in [0.2, 0.25) is 0 Å². The second-order valence-corrected chi connectivity index (χ2v) is 7.41. The van der Waals surface area contributed by atoms with Crippen molar-refractivity contribution in [3.05, 3.63) is 94.0 Å². The number of hydrogen-bond acceptors (Lipinski definition) is 3. The largest absolute Gasteiger partial charge is 0.478 e. The Morgan fingerprint density at radius 2 is 1.62 bits per heavy atom. The fraction of sp³-hybridized carbons (Fsp3) is 0.130. The first-order valence-electron chi connectivity index (χ1n) is 9.21. The van der Waals surface area contributed by atoms with Gasteiger partial charge in [0, 0.05) is 23.1 Å². The molecule has 0 aromatic heterocycles. The zero-order chi connectivity index (χ0) is 20.8. The van der Waals surface area contributed by atoms with Gasteiger partial charge in [-0.2, -0.15) is 0 Å². The first-order chi connectivity index (χ1) is 14.0. The Hall–Kier alpha value is -3.12. The smallest absolute Gasteiger partial charge is 0.335 e. The molecule has 0 aliphatic rings. The summed E-state index contributed by atoms with van der Waals surface area (Å²) in [5.74, 6) is -1.33. The van der Waals surface area contributed by atoms with Crippen LogP contribution in [0.3, 0.4) is 0 Å². The lowest BCUT2D eigenvalue weighted by atomic mass is 10.1. The van der Waals surface area contributed by atoms with Gasteiger partial charge in [-0.3, -0.25) is 4.79 Å². The Morgan fingerprint density at radius 3 is 2.24 bits per heavy atom. The molecule has 0 aliphatic heterocycles. The molecule has 29 heavy (non-hydrogen) atoms. The molecule has 148 valence electrons. The molecule has 5 nitrogen and oxygen atoms in total. The van der Waals surface area contributed by atoms with Crippen LogP contribution in [-0.2, 0) is 6.54 Å². The van der Waals surface area contributed by atoms with Crippen molar-refractivity contribution in [1.82, 2.24) is 0 Å². The third kappa shape index (κ3) is 5.23. The number of carbonyl (C=O) groups excluding carboxylic acids is 1. The number of aromatic carboxylic acids is 1. The lowest BCUT2D eigenvalue weighted by molar-refractivity contribution is 0.0696. The third-order valence-electron chi connectivity index (χ3n) is 4.54. The summed E-state index contributed by atoms with van der Waals surface area (Å²) in [6, 6.07) is 21.8. The van der Waals surface area contributed by atoms with E-state index in [0.29, 0.717) is 24.3 Å². The van der Waals surface area contributed by atoms with Crippen LogP contribution in [-0.4, -0.2) is 23.5 Å². The lowest BCUT2D eigenvalue weighted by Crippen LogP contribution is -2.24. The molecular formula is C23H21BrN2O3. The summed E-state index contributed by atoms with van der Waals surface area (Å²) in [7, 11) is 0. The van der Waals surface area contributed by atoms with Gasteiger partial charge in [-0.25, -0.2) is 4.79 Å². The number of carboxylic acids is 1. The van der Waals surface area contributed by atoms with Gasteiger partial charge >= 0.3 is 5.97 Å². The van der Waals surface area contributed by atoms with E-state index >= 15 is 0 Å². The molecule has 3 aromatic rings. The van der Waals surface area contributed by atoms with E-state index in [1.54, 1.807) is 36.4 Å². The number of carbonyl (C=O) groups is 2. The highest BCUT2D eigenvalue weighted by molar-refractivity contribution is 9.10. The molecular weight excluding hydrogens is 432 g/mol. The molecule has 0 heterocycles. The minimum atomic E-state index is -1.04. The highest BCUT2D eigenvalue weighted by Crippen LogP contribution is 2.29. The number of carboxylic acid groups (broad SMARTS) is 1. The van der Waals surface area contributed by atoms with Gasteiger partial charge in [0.25, 0.3) is 5.91 Å². The molecule has 0 bridgehead atoms. The van der Waals surface area contributed by atoms with E-state index in [0.717, 1.165) is 15.7 Å². The minimum Gasteiger partial charge on any atom is -0.478 e. The fourth-order valence-electron chi connectivity index (χ4n) is 3.01. The van der Waals surface area contributed by atoms with Crippen molar-refractivity contribution < 1.29 is 14.7 Å². The number of hydrogen-bond donors (Lipinski definition) is 2. The van der Waals surface area contributed by atoms with Crippen LogP contribution in [0.25, 0.3) is 0 Å². The average Bonchev–Trinajstić information content (AvgIpc) is 2.73. The Bertz CT molecular complexity index is 1000. The van der Waals surface area contributed by atoms with Crippen molar-refractivity contribution in [2.75, 3.05) is 16.8 Å². The SMILES string of the molecule is CCN(Cc1ccccc1)c1ccc(C(=O)O)cc1NC(=O)c1ccc(Br)cc1. The molecule has 0 aliphatic carbocycles. The summed E-state index contributed by atoms with van der Waals surface area (Å²) < 4.78 is 0.877. The third-order valence-corrected chi connectivity index (χ3v) is 5.07. The predicted molar refractivity (Wildman–Crippen MR) is 119 cm³/mol. The van der Waals surface area contributed by atoms with Crippen molar-refractivity contribution >= 4 is 39.2 Å². The molecule has 3 aromatic carbocycles. The van der Waals surface area contributed by atoms with Gasteiger partial charge < -0.3 is 15.3 Å². The standard InChI is InChI=1S/C23H21BrN2O3/c1-2-26(15-16-6-4-3-5-7-16)21-13-10-18(23(28)29)14-20(21)25-22(27)17-8-11-19(24)12-9-17/h3-14H,2,15H2,1H3,(H,25,27)(H,28,29). The van der Waals surface area contributed by atoms with E-state index in [9.17, 15) is 14.7 Å². The van der Waals surface area contributed by atoms with Gasteiger partial charge in [0.1, 0.15) is 0 Å². The fourth-order valence-corrected chi connectivity index (χ4v) is 3.28. The van der Waals surface area contributed by atoms with E-state index < -0.39 is 5.97 Å². The Balaban J connectivity index is 1.94. The highest BCUT2D eigenvalue weighted by Gasteiger charge is 2.16. The molecule has 2 N–H and O–H groups in total. The summed E-state index contributed by atoms with van der Waals surface area (Å²) >= 11 is 3.35. The predicted octanol–water partition coefficient (Wildman–Crippen LogP) is 5.43. The number of nitrogens with zero attached hydrogens (tertiary/aromatic N) is 1. The number of nitrogens with one attached hydrogen (secondary N) is 1. The number of halogens is 1. The normalized spacial score (nSPS) is 10.4. The maximum atomic E-state index is 12.7. The molecule has 0 unspecified atom stereocenters. The first-order valence-corrected chi connectivity index (χ1v) is 10.0. The van der Waals surface area contributed by atoms with Crippen molar-refractivity contribution in [3.63, 3.8) is 0 Å².